The van der Waals surface area contributed by atoms with Crippen molar-refractivity contribution in [2.75, 3.05) is 37.8 Å². The summed E-state index contributed by atoms with van der Waals surface area (Å²) in [6, 6.07) is 0. The van der Waals surface area contributed by atoms with Crippen LogP contribution >= 0.6 is 35.2 Å². The third kappa shape index (κ3) is 25.8. The number of unbranched alkanes of at least 4 members (excludes halogenated alkanes) is 18. The Labute approximate surface area is 438 Å². The van der Waals surface area contributed by atoms with Crippen LogP contribution in [0.1, 0.15) is 168 Å². The van der Waals surface area contributed by atoms with E-state index in [0.717, 1.165) is 48.2 Å². The Kier molecular flexibility index (Phi) is 30.0. The van der Waals surface area contributed by atoms with Gasteiger partial charge in [-0.05, 0) is 6.42 Å². The molecule has 0 spiro atoms. The first-order valence-corrected chi connectivity index (χ1v) is 31.2. The van der Waals surface area contributed by atoms with Crippen LogP contribution < -0.4 is 16.4 Å². The molecule has 2 amide bonds. The SMILES string of the molecule is CCCCCCCCCCCCCCCCCCCCC[C@H](O)CC(=O)SCCNC(=O)CCNC(=O)[C@H](O)C(C)(C)COP(=O)(O)OP(=O)(O)OC[C@H]1O[C@@H](n2cnc3c(N)ncnc32)[C@H](O)[C@@H]1OP(=O)(O)O. The number of imidazole rings is 1. The Bertz CT molecular complexity index is 2140. The lowest BCUT2D eigenvalue weighted by molar-refractivity contribution is -0.137. The Morgan fingerprint density at radius 3 is 1.93 bits per heavy atom. The number of rotatable bonds is 41. The number of ether oxygens (including phenoxy) is 1. The van der Waals surface area contributed by atoms with Crippen molar-refractivity contribution < 1.29 is 85.6 Å². The number of hydrogen-bond donors (Lipinski definition) is 10. The lowest BCUT2D eigenvalue weighted by atomic mass is 9.87. The smallest absolute Gasteiger partial charge is 0.393 e. The molecule has 29 heteroatoms. The fraction of sp³-hybridized carbons (Fsp3) is 0.822. The largest absolute Gasteiger partial charge is 0.481 e. The number of nitrogen functional groups attached to an aromatic ring is 1. The molecule has 8 atom stereocenters. The predicted molar refractivity (Wildman–Crippen MR) is 276 cm³/mol. The van der Waals surface area contributed by atoms with Gasteiger partial charge in [0.25, 0.3) is 0 Å². The van der Waals surface area contributed by atoms with Crippen molar-refractivity contribution in [2.45, 2.75) is 199 Å². The van der Waals surface area contributed by atoms with Gasteiger partial charge in [-0.15, -0.1) is 0 Å². The Morgan fingerprint density at radius 1 is 0.811 bits per heavy atom. The molecule has 1 aliphatic rings. The van der Waals surface area contributed by atoms with Crippen molar-refractivity contribution in [1.82, 2.24) is 30.2 Å². The van der Waals surface area contributed by atoms with E-state index in [1.165, 1.54) is 117 Å². The molecule has 2 aromatic rings. The van der Waals surface area contributed by atoms with Crippen LogP contribution in [-0.4, -0.2) is 134 Å². The number of phosphoric acid groups is 3. The van der Waals surface area contributed by atoms with Crippen LogP contribution in [-0.2, 0) is 50.7 Å². The fourth-order valence-electron chi connectivity index (χ4n) is 8.11. The van der Waals surface area contributed by atoms with Gasteiger partial charge in [-0.2, -0.15) is 4.31 Å². The Morgan fingerprint density at radius 2 is 1.36 bits per heavy atom. The van der Waals surface area contributed by atoms with Crippen LogP contribution in [0.4, 0.5) is 5.82 Å². The topological polar surface area (TPSA) is 384 Å². The van der Waals surface area contributed by atoms with E-state index in [9.17, 15) is 63.0 Å². The highest BCUT2D eigenvalue weighted by Crippen LogP contribution is 2.61. The number of aliphatic hydroxyl groups is 3. The summed E-state index contributed by atoms with van der Waals surface area (Å²) in [4.78, 5) is 88.7. The summed E-state index contributed by atoms with van der Waals surface area (Å²) in [7, 11) is -16.4. The van der Waals surface area contributed by atoms with Crippen molar-refractivity contribution in [3.63, 3.8) is 0 Å². The summed E-state index contributed by atoms with van der Waals surface area (Å²) >= 11 is 1.01. The van der Waals surface area contributed by atoms with Crippen LogP contribution in [0.3, 0.4) is 0 Å². The molecule has 2 unspecified atom stereocenters. The number of amides is 2. The van der Waals surface area contributed by atoms with Gasteiger partial charge < -0.3 is 56.0 Å². The maximum atomic E-state index is 12.8. The van der Waals surface area contributed by atoms with Crippen LogP contribution in [0.5, 0.6) is 0 Å². The summed E-state index contributed by atoms with van der Waals surface area (Å²) in [5, 5.41) is 36.7. The van der Waals surface area contributed by atoms with E-state index in [-0.39, 0.29) is 53.8 Å². The minimum atomic E-state index is -5.59. The summed E-state index contributed by atoms with van der Waals surface area (Å²) < 4.78 is 62.5. The van der Waals surface area contributed by atoms with E-state index < -0.39 is 90.7 Å². The lowest BCUT2D eigenvalue weighted by Crippen LogP contribution is -2.46. The molecular formula is C45H82N7O18P3S. The van der Waals surface area contributed by atoms with Crippen molar-refractivity contribution in [2.24, 2.45) is 5.41 Å². The summed E-state index contributed by atoms with van der Waals surface area (Å²) in [5.41, 5.74) is 4.26. The van der Waals surface area contributed by atoms with E-state index in [1.54, 1.807) is 0 Å². The van der Waals surface area contributed by atoms with E-state index in [2.05, 4.69) is 41.3 Å². The zero-order valence-electron chi connectivity index (χ0n) is 42.9. The number of phosphoric ester groups is 3. The number of fused-ring (bicyclic) bond motifs is 1. The molecule has 0 saturated carbocycles. The predicted octanol–water partition coefficient (Wildman–Crippen LogP) is 6.24. The normalized spacial score (nSPS) is 19.8. The summed E-state index contributed by atoms with van der Waals surface area (Å²) in [6.07, 6.45) is 17.3. The van der Waals surface area contributed by atoms with Crippen LogP contribution in [0.15, 0.2) is 12.7 Å². The number of aromatic nitrogens is 4. The van der Waals surface area contributed by atoms with Gasteiger partial charge in [-0.1, -0.05) is 155 Å². The molecule has 3 heterocycles. The van der Waals surface area contributed by atoms with Crippen molar-refractivity contribution in [1.29, 1.82) is 0 Å². The molecular weight excluding hydrogens is 1050 g/mol. The quantitative estimate of drug-likeness (QED) is 0.0260. The highest BCUT2D eigenvalue weighted by molar-refractivity contribution is 8.13. The zero-order valence-corrected chi connectivity index (χ0v) is 46.4. The molecule has 25 nitrogen and oxygen atoms in total. The first kappa shape index (κ1) is 65.8. The number of nitrogens with zero attached hydrogens (tertiary/aromatic N) is 4. The average molecular weight is 1130 g/mol. The molecule has 11 N–H and O–H groups in total. The minimum absolute atomic E-state index is 0.0273. The number of carbonyl (C=O) groups is 3. The maximum Gasteiger partial charge on any atom is 0.481 e. The molecule has 0 bridgehead atoms. The van der Waals surface area contributed by atoms with Gasteiger partial charge in [-0.3, -0.25) is 32.5 Å². The van der Waals surface area contributed by atoms with Gasteiger partial charge in [0, 0.05) is 37.1 Å². The molecule has 0 aromatic carbocycles. The van der Waals surface area contributed by atoms with Gasteiger partial charge in [-0.25, -0.2) is 28.6 Å². The first-order valence-electron chi connectivity index (χ1n) is 25.7. The van der Waals surface area contributed by atoms with E-state index >= 15 is 0 Å². The average Bonchev–Trinajstić information content (AvgIpc) is 3.89. The fourth-order valence-corrected chi connectivity index (χ4v) is 11.7. The lowest BCUT2D eigenvalue weighted by Gasteiger charge is -2.30. The molecule has 1 saturated heterocycles. The zero-order chi connectivity index (χ0) is 54.8. The second-order valence-electron chi connectivity index (χ2n) is 19.3. The van der Waals surface area contributed by atoms with Crippen LogP contribution in [0.25, 0.3) is 11.2 Å². The monoisotopic (exact) mass is 1130 g/mol. The van der Waals surface area contributed by atoms with E-state index in [1.807, 2.05) is 0 Å². The van der Waals surface area contributed by atoms with Crippen LogP contribution in [0.2, 0.25) is 0 Å². The molecule has 2 aromatic heterocycles. The number of thioether (sulfide) groups is 1. The number of anilines is 1. The standard InChI is InChI=1S/C45H82N7O18P3S/c1-4-5-6-7-8-9-10-11-12-13-14-15-16-17-18-19-20-21-22-23-33(53)28-36(55)74-27-26-47-35(54)24-25-48-43(58)40(57)45(2,3)30-67-73(64,65)70-72(62,63)66-29-34-39(69-71(59,60)61)38(56)44(68-34)52-32-51-37-41(46)49-31-50-42(37)52/h31-34,38-40,44,53,56-57H,4-30H2,1-3H3,(H,47,54)(H,48,58)(H,62,63)(H,64,65)(H2,46,49,50)(H2,59,60,61)/t33-,34+,38+,39+,40-,44+/m0/s1. The highest BCUT2D eigenvalue weighted by Gasteiger charge is 2.50. The molecule has 426 valence electrons. The van der Waals surface area contributed by atoms with Crippen LogP contribution in [0, 0.1) is 5.41 Å². The van der Waals surface area contributed by atoms with E-state index in [4.69, 9.17) is 19.5 Å². The molecule has 0 radical (unpaired) electrons. The Balaban J connectivity index is 1.24. The molecule has 74 heavy (non-hydrogen) atoms. The number of carbonyl (C=O) groups excluding carboxylic acids is 3. The second kappa shape index (κ2) is 33.7. The second-order valence-corrected chi connectivity index (χ2v) is 24.7. The third-order valence-electron chi connectivity index (χ3n) is 12.3. The van der Waals surface area contributed by atoms with Crippen molar-refractivity contribution >= 4 is 69.1 Å². The third-order valence-corrected chi connectivity index (χ3v) is 16.3. The van der Waals surface area contributed by atoms with Crippen molar-refractivity contribution in [3.05, 3.63) is 12.7 Å². The van der Waals surface area contributed by atoms with Crippen molar-refractivity contribution in [3.8, 4) is 0 Å². The highest BCUT2D eigenvalue weighted by atomic mass is 32.2. The number of nitrogens with one attached hydrogen (secondary N) is 2. The first-order chi connectivity index (χ1) is 34.9. The number of hydrogen-bond acceptors (Lipinski definition) is 19. The summed E-state index contributed by atoms with van der Waals surface area (Å²) in [6.45, 7) is 2.67. The van der Waals surface area contributed by atoms with Gasteiger partial charge in [0.1, 0.15) is 36.3 Å². The van der Waals surface area contributed by atoms with Gasteiger partial charge >= 0.3 is 23.5 Å². The summed E-state index contributed by atoms with van der Waals surface area (Å²) in [5.74, 6) is -1.21. The van der Waals surface area contributed by atoms with E-state index in [0.29, 0.717) is 6.42 Å². The molecule has 1 fully saturated rings. The van der Waals surface area contributed by atoms with Gasteiger partial charge in [0.05, 0.1) is 25.6 Å². The number of nitrogens with two attached hydrogens (primary N) is 1. The maximum absolute atomic E-state index is 12.8. The Hall–Kier alpha value is -2.48. The minimum Gasteiger partial charge on any atom is -0.393 e. The molecule has 1 aliphatic heterocycles. The van der Waals surface area contributed by atoms with Gasteiger partial charge in [0.15, 0.2) is 22.8 Å². The number of aliphatic hydroxyl groups excluding tert-OH is 3. The molecule has 0 aliphatic carbocycles. The van der Waals surface area contributed by atoms with Gasteiger partial charge in [0.2, 0.25) is 11.8 Å². The molecule has 3 rings (SSSR count).